The molecule has 8 heteroatoms. The van der Waals surface area contributed by atoms with Gasteiger partial charge < -0.3 is 19.6 Å². The Labute approximate surface area is 163 Å². The van der Waals surface area contributed by atoms with Gasteiger partial charge in [0.1, 0.15) is 0 Å². The fourth-order valence-electron chi connectivity index (χ4n) is 4.46. The molecule has 2 saturated carbocycles. The summed E-state index contributed by atoms with van der Waals surface area (Å²) in [4.78, 5) is 17.1. The van der Waals surface area contributed by atoms with Crippen molar-refractivity contribution in [1.82, 2.24) is 5.32 Å². The molecule has 2 aliphatic rings. The molecular formula is C20H26F2N2O4. The number of nitrogens with zero attached hydrogens (tertiary/aromatic N) is 1. The Morgan fingerprint density at radius 1 is 1.32 bits per heavy atom. The van der Waals surface area contributed by atoms with E-state index in [1.165, 1.54) is 57.2 Å². The summed E-state index contributed by atoms with van der Waals surface area (Å²) in [5, 5.41) is 6.76. The van der Waals surface area contributed by atoms with Crippen molar-refractivity contribution in [2.75, 3.05) is 13.7 Å². The van der Waals surface area contributed by atoms with Crippen molar-refractivity contribution in [2.45, 2.75) is 45.3 Å². The van der Waals surface area contributed by atoms with E-state index in [1.54, 1.807) is 0 Å². The molecule has 0 spiro atoms. The Hall–Kier alpha value is -2.38. The van der Waals surface area contributed by atoms with Crippen molar-refractivity contribution in [3.63, 3.8) is 0 Å². The minimum absolute atomic E-state index is 0.0652. The number of alkyl halides is 2. The summed E-state index contributed by atoms with van der Waals surface area (Å²) in [7, 11) is 1.35. The van der Waals surface area contributed by atoms with Crippen LogP contribution in [0.25, 0.3) is 0 Å². The second-order valence-corrected chi connectivity index (χ2v) is 7.49. The lowest BCUT2D eigenvalue weighted by Gasteiger charge is -2.28. The zero-order valence-corrected chi connectivity index (χ0v) is 16.1. The van der Waals surface area contributed by atoms with Crippen molar-refractivity contribution in [1.29, 1.82) is 0 Å². The van der Waals surface area contributed by atoms with Crippen LogP contribution in [0.15, 0.2) is 23.4 Å². The van der Waals surface area contributed by atoms with Crippen LogP contribution < -0.4 is 14.8 Å². The molecule has 6 nitrogen and oxygen atoms in total. The predicted octanol–water partition coefficient (Wildman–Crippen LogP) is 3.59. The van der Waals surface area contributed by atoms with Crippen LogP contribution in [0.1, 0.15) is 38.2 Å². The second-order valence-electron chi connectivity index (χ2n) is 7.49. The van der Waals surface area contributed by atoms with Gasteiger partial charge in [-0.1, -0.05) is 11.6 Å². The summed E-state index contributed by atoms with van der Waals surface area (Å²) >= 11 is 0. The van der Waals surface area contributed by atoms with E-state index < -0.39 is 6.61 Å². The molecule has 1 aromatic carbocycles. The molecule has 0 saturated heterocycles. The van der Waals surface area contributed by atoms with Crippen molar-refractivity contribution in [3.8, 4) is 11.5 Å². The number of ether oxygens (including phenoxy) is 2. The Morgan fingerprint density at radius 3 is 2.79 bits per heavy atom. The zero-order chi connectivity index (χ0) is 20.1. The predicted molar refractivity (Wildman–Crippen MR) is 99.7 cm³/mol. The molecule has 2 bridgehead atoms. The van der Waals surface area contributed by atoms with Gasteiger partial charge in [0.2, 0.25) is 0 Å². The molecule has 0 aromatic heterocycles. The average Bonchev–Trinajstić information content (AvgIpc) is 3.29. The second kappa shape index (κ2) is 9.21. The Morgan fingerprint density at radius 2 is 2.14 bits per heavy atom. The maximum Gasteiger partial charge on any atom is 0.387 e. The molecule has 0 aliphatic heterocycles. The minimum atomic E-state index is -2.93. The third-order valence-electron chi connectivity index (χ3n) is 5.70. The summed E-state index contributed by atoms with van der Waals surface area (Å²) in [5.74, 6) is 2.03. The fraction of sp³-hybridized carbons (Fsp3) is 0.600. The average molecular weight is 396 g/mol. The normalized spacial score (nSPS) is 24.5. The lowest BCUT2D eigenvalue weighted by molar-refractivity contribution is -0.126. The van der Waals surface area contributed by atoms with E-state index in [-0.39, 0.29) is 30.1 Å². The first kappa shape index (κ1) is 20.4. The minimum Gasteiger partial charge on any atom is -0.493 e. The summed E-state index contributed by atoms with van der Waals surface area (Å²) in [6, 6.07) is 4.52. The largest absolute Gasteiger partial charge is 0.493 e. The van der Waals surface area contributed by atoms with Gasteiger partial charge in [-0.05, 0) is 62.1 Å². The van der Waals surface area contributed by atoms with Crippen molar-refractivity contribution >= 4 is 12.1 Å². The highest BCUT2D eigenvalue weighted by atomic mass is 19.3. The standard InChI is InChI=1S/C20H26F2N2O4/c1-12(16-8-13-3-5-15(16)7-13)24-19(25)11-27-23-10-14-4-6-17(28-20(21)22)18(9-14)26-2/h4,6,9-10,12-13,15-16,20H,3,5,7-8,11H2,1-2H3,(H,24,25)/b23-10+. The molecule has 2 fully saturated rings. The first-order chi connectivity index (χ1) is 13.5. The lowest BCUT2D eigenvalue weighted by atomic mass is 9.84. The molecule has 1 aromatic rings. The number of fused-ring (bicyclic) bond motifs is 2. The van der Waals surface area contributed by atoms with Gasteiger partial charge >= 0.3 is 6.61 Å². The summed E-state index contributed by atoms with van der Waals surface area (Å²) < 4.78 is 34.0. The van der Waals surface area contributed by atoms with Crippen LogP contribution in [0.5, 0.6) is 11.5 Å². The third-order valence-corrected chi connectivity index (χ3v) is 5.70. The van der Waals surface area contributed by atoms with Crippen molar-refractivity contribution < 1.29 is 27.9 Å². The number of carbonyl (C=O) groups excluding carboxylic acids is 1. The first-order valence-electron chi connectivity index (χ1n) is 9.53. The highest BCUT2D eigenvalue weighted by molar-refractivity contribution is 5.81. The van der Waals surface area contributed by atoms with Crippen LogP contribution in [0.4, 0.5) is 8.78 Å². The molecule has 0 radical (unpaired) electrons. The van der Waals surface area contributed by atoms with Gasteiger partial charge in [0.15, 0.2) is 18.1 Å². The van der Waals surface area contributed by atoms with E-state index in [4.69, 9.17) is 9.57 Å². The highest BCUT2D eigenvalue weighted by Gasteiger charge is 2.42. The number of halogens is 2. The molecule has 1 amide bonds. The van der Waals surface area contributed by atoms with Crippen LogP contribution >= 0.6 is 0 Å². The molecule has 0 heterocycles. The van der Waals surface area contributed by atoms with E-state index in [0.717, 1.165) is 11.8 Å². The van der Waals surface area contributed by atoms with Crippen LogP contribution in [-0.2, 0) is 9.63 Å². The van der Waals surface area contributed by atoms with E-state index in [0.29, 0.717) is 11.5 Å². The number of oxime groups is 1. The van der Waals surface area contributed by atoms with Crippen LogP contribution in [0.2, 0.25) is 0 Å². The fourth-order valence-corrected chi connectivity index (χ4v) is 4.46. The molecular weight excluding hydrogens is 370 g/mol. The summed E-state index contributed by atoms with van der Waals surface area (Å²) in [6.07, 6.45) is 6.50. The van der Waals surface area contributed by atoms with Crippen molar-refractivity contribution in [2.24, 2.45) is 22.9 Å². The number of hydrogen-bond donors (Lipinski definition) is 1. The Balaban J connectivity index is 1.43. The first-order valence-corrected chi connectivity index (χ1v) is 9.53. The van der Waals surface area contributed by atoms with Gasteiger partial charge in [0.25, 0.3) is 5.91 Å². The Kier molecular flexibility index (Phi) is 6.70. The SMILES string of the molecule is COc1cc(/C=N/OCC(=O)NC(C)C2CC3CCC2C3)ccc1OC(F)F. The van der Waals surface area contributed by atoms with Gasteiger partial charge in [-0.3, -0.25) is 4.79 Å². The maximum absolute atomic E-state index is 12.3. The Bertz CT molecular complexity index is 713. The number of methoxy groups -OCH3 is 1. The molecule has 1 N–H and O–H groups in total. The number of rotatable bonds is 9. The molecule has 28 heavy (non-hydrogen) atoms. The summed E-state index contributed by atoms with van der Waals surface area (Å²) in [5.41, 5.74) is 0.564. The smallest absolute Gasteiger partial charge is 0.387 e. The number of carbonyl (C=O) groups is 1. The van der Waals surface area contributed by atoms with Crippen molar-refractivity contribution in [3.05, 3.63) is 23.8 Å². The van der Waals surface area contributed by atoms with Gasteiger partial charge in [-0.15, -0.1) is 0 Å². The topological polar surface area (TPSA) is 69.2 Å². The third kappa shape index (κ3) is 5.11. The van der Waals surface area contributed by atoms with Gasteiger partial charge in [0.05, 0.1) is 13.3 Å². The highest BCUT2D eigenvalue weighted by Crippen LogP contribution is 2.49. The number of hydrogen-bond acceptors (Lipinski definition) is 5. The van der Waals surface area contributed by atoms with Gasteiger partial charge in [-0.2, -0.15) is 8.78 Å². The van der Waals surface area contributed by atoms with Gasteiger partial charge in [0, 0.05) is 11.6 Å². The van der Waals surface area contributed by atoms with E-state index in [2.05, 4.69) is 22.1 Å². The molecule has 4 unspecified atom stereocenters. The van der Waals surface area contributed by atoms with Gasteiger partial charge in [-0.25, -0.2) is 0 Å². The van der Waals surface area contributed by atoms with Crippen LogP contribution in [0, 0.1) is 17.8 Å². The van der Waals surface area contributed by atoms with E-state index >= 15 is 0 Å². The number of nitrogens with one attached hydrogen (secondary N) is 1. The molecule has 3 rings (SSSR count). The quantitative estimate of drug-likeness (QED) is 0.512. The summed E-state index contributed by atoms with van der Waals surface area (Å²) in [6.45, 7) is -1.05. The number of benzene rings is 1. The molecule has 2 aliphatic carbocycles. The lowest BCUT2D eigenvalue weighted by Crippen LogP contribution is -2.41. The zero-order valence-electron chi connectivity index (χ0n) is 16.1. The maximum atomic E-state index is 12.3. The van der Waals surface area contributed by atoms with E-state index in [1.807, 2.05) is 0 Å². The monoisotopic (exact) mass is 396 g/mol. The molecule has 154 valence electrons. The van der Waals surface area contributed by atoms with Crippen LogP contribution in [-0.4, -0.2) is 38.5 Å². The van der Waals surface area contributed by atoms with E-state index in [9.17, 15) is 13.6 Å². The number of amides is 1. The molecule has 4 atom stereocenters. The van der Waals surface area contributed by atoms with Crippen LogP contribution in [0.3, 0.4) is 0 Å².